The van der Waals surface area contributed by atoms with E-state index >= 15 is 0 Å². The van der Waals surface area contributed by atoms with Crippen LogP contribution < -0.4 is 5.32 Å². The van der Waals surface area contributed by atoms with E-state index in [9.17, 15) is 14.4 Å². The lowest BCUT2D eigenvalue weighted by Gasteiger charge is -2.18. The summed E-state index contributed by atoms with van der Waals surface area (Å²) in [6.45, 7) is -0.199. The number of amides is 3. The van der Waals surface area contributed by atoms with E-state index in [2.05, 4.69) is 5.32 Å². The first-order valence-electron chi connectivity index (χ1n) is 6.40. The van der Waals surface area contributed by atoms with Crippen LogP contribution in [-0.4, -0.2) is 50.8 Å². The molecule has 1 N–H and O–H groups in total. The fourth-order valence-electron chi connectivity index (χ4n) is 2.63. The zero-order valence-electron chi connectivity index (χ0n) is 11.1. The molecule has 3 heterocycles. The van der Waals surface area contributed by atoms with Crippen molar-refractivity contribution in [2.45, 2.75) is 12.0 Å². The Morgan fingerprint density at radius 2 is 2.30 bits per heavy atom. The van der Waals surface area contributed by atoms with Gasteiger partial charge in [0.2, 0.25) is 0 Å². The molecule has 0 bridgehead atoms. The van der Waals surface area contributed by atoms with Crippen LogP contribution in [0.4, 0.5) is 4.79 Å². The molecule has 3 rings (SSSR count). The molecule has 3 amide bonds. The number of imide groups is 1. The first-order valence-corrected chi connectivity index (χ1v) is 7.55. The lowest BCUT2D eigenvalue weighted by atomic mass is 9.99. The van der Waals surface area contributed by atoms with E-state index in [1.165, 1.54) is 0 Å². The minimum Gasteiger partial charge on any atom is -0.348 e. The second kappa shape index (κ2) is 4.66. The van der Waals surface area contributed by atoms with Crippen molar-refractivity contribution in [3.63, 3.8) is 0 Å². The number of ketones is 1. The van der Waals surface area contributed by atoms with Crippen LogP contribution in [0.1, 0.15) is 16.9 Å². The molecule has 1 unspecified atom stereocenters. The summed E-state index contributed by atoms with van der Waals surface area (Å²) in [6, 6.07) is 2.98. The number of carbonyl (C=O) groups is 3. The summed E-state index contributed by atoms with van der Waals surface area (Å²) >= 11 is 1.65. The molecule has 2 aliphatic heterocycles. The number of aromatic nitrogens is 1. The molecule has 0 radical (unpaired) electrons. The Kier molecular flexibility index (Phi) is 3.08. The summed E-state index contributed by atoms with van der Waals surface area (Å²) in [4.78, 5) is 37.6. The van der Waals surface area contributed by atoms with Crippen molar-refractivity contribution < 1.29 is 14.4 Å². The number of urea groups is 1. The highest BCUT2D eigenvalue weighted by atomic mass is 32.2. The molecule has 2 aliphatic rings. The maximum atomic E-state index is 12.4. The summed E-state index contributed by atoms with van der Waals surface area (Å²) in [5.74, 6) is 0.941. The van der Waals surface area contributed by atoms with Crippen molar-refractivity contribution in [1.82, 2.24) is 14.8 Å². The second-order valence-electron chi connectivity index (χ2n) is 5.13. The van der Waals surface area contributed by atoms with Crippen molar-refractivity contribution in [2.75, 3.05) is 18.1 Å². The number of thioether (sulfide) groups is 1. The van der Waals surface area contributed by atoms with Gasteiger partial charge in [-0.3, -0.25) is 14.5 Å². The Morgan fingerprint density at radius 3 is 2.90 bits per heavy atom. The third kappa shape index (κ3) is 1.93. The minimum atomic E-state index is -0.782. The van der Waals surface area contributed by atoms with E-state index in [4.69, 9.17) is 0 Å². The number of Topliss-reactive ketones (excluding diaryl/α,β-unsaturated/α-hetero) is 1. The quantitative estimate of drug-likeness (QED) is 0.655. The predicted molar refractivity (Wildman–Crippen MR) is 74.7 cm³/mol. The van der Waals surface area contributed by atoms with Crippen LogP contribution in [0.2, 0.25) is 0 Å². The molecule has 6 nitrogen and oxygen atoms in total. The maximum absolute atomic E-state index is 12.4. The number of aryl methyl sites for hydroxylation is 1. The third-order valence-electron chi connectivity index (χ3n) is 3.80. The zero-order chi connectivity index (χ0) is 14.3. The molecule has 1 aromatic heterocycles. The van der Waals surface area contributed by atoms with Crippen molar-refractivity contribution in [3.8, 4) is 0 Å². The molecule has 20 heavy (non-hydrogen) atoms. The van der Waals surface area contributed by atoms with E-state index in [1.807, 2.05) is 0 Å². The topological polar surface area (TPSA) is 71.4 Å². The van der Waals surface area contributed by atoms with Gasteiger partial charge in [0, 0.05) is 19.0 Å². The van der Waals surface area contributed by atoms with Crippen LogP contribution in [0.3, 0.4) is 0 Å². The van der Waals surface area contributed by atoms with E-state index in [-0.39, 0.29) is 18.2 Å². The summed E-state index contributed by atoms with van der Waals surface area (Å²) < 4.78 is 1.68. The van der Waals surface area contributed by atoms with Crippen LogP contribution in [0.15, 0.2) is 18.3 Å². The molecule has 1 spiro atoms. The van der Waals surface area contributed by atoms with Gasteiger partial charge in [-0.15, -0.1) is 0 Å². The van der Waals surface area contributed by atoms with Gasteiger partial charge in [-0.25, -0.2) is 4.79 Å². The van der Waals surface area contributed by atoms with Gasteiger partial charge in [0.05, 0.1) is 12.2 Å². The summed E-state index contributed by atoms with van der Waals surface area (Å²) in [5.41, 5.74) is -0.289. The summed E-state index contributed by atoms with van der Waals surface area (Å²) in [7, 11) is 1.76. The number of hydrogen-bond acceptors (Lipinski definition) is 4. The predicted octanol–water partition coefficient (Wildman–Crippen LogP) is 0.635. The van der Waals surface area contributed by atoms with Gasteiger partial charge in [0.25, 0.3) is 5.91 Å². The zero-order valence-corrected chi connectivity index (χ0v) is 11.9. The van der Waals surface area contributed by atoms with E-state index in [0.717, 1.165) is 10.7 Å². The lowest BCUT2D eigenvalue weighted by Crippen LogP contribution is -2.47. The maximum Gasteiger partial charge on any atom is 0.325 e. The Balaban J connectivity index is 1.78. The largest absolute Gasteiger partial charge is 0.348 e. The lowest BCUT2D eigenvalue weighted by molar-refractivity contribution is -0.130. The molecule has 2 saturated heterocycles. The van der Waals surface area contributed by atoms with Gasteiger partial charge in [-0.05, 0) is 24.3 Å². The number of carbonyl (C=O) groups excluding carboxylic acids is 3. The van der Waals surface area contributed by atoms with Gasteiger partial charge in [0.1, 0.15) is 5.54 Å². The smallest absolute Gasteiger partial charge is 0.325 e. The summed E-state index contributed by atoms with van der Waals surface area (Å²) in [5, 5.41) is 2.75. The number of nitrogens with one attached hydrogen (secondary N) is 1. The molecule has 0 aromatic carbocycles. The van der Waals surface area contributed by atoms with E-state index in [1.54, 1.807) is 41.7 Å². The molecule has 0 aliphatic carbocycles. The standard InChI is InChI=1S/C13H15N3O3S/c1-15-5-2-3-9(15)10(17)7-16-11(18)13(14-12(16)19)4-6-20-8-13/h2-3,5H,4,6-8H2,1H3,(H,14,19). The fraction of sp³-hybridized carbons (Fsp3) is 0.462. The van der Waals surface area contributed by atoms with Crippen LogP contribution >= 0.6 is 11.8 Å². The monoisotopic (exact) mass is 293 g/mol. The molecule has 0 saturated carbocycles. The van der Waals surface area contributed by atoms with Gasteiger partial charge < -0.3 is 9.88 Å². The highest BCUT2D eigenvalue weighted by Gasteiger charge is 2.53. The first kappa shape index (κ1) is 13.2. The Labute approximate surface area is 120 Å². The average molecular weight is 293 g/mol. The summed E-state index contributed by atoms with van der Waals surface area (Å²) in [6.07, 6.45) is 2.39. The number of hydrogen-bond donors (Lipinski definition) is 1. The van der Waals surface area contributed by atoms with Crippen LogP contribution in [0, 0.1) is 0 Å². The molecule has 7 heteroatoms. The highest BCUT2D eigenvalue weighted by molar-refractivity contribution is 7.99. The van der Waals surface area contributed by atoms with Crippen LogP contribution in [0.5, 0.6) is 0 Å². The number of rotatable bonds is 3. The third-order valence-corrected chi connectivity index (χ3v) is 4.99. The molecule has 2 fully saturated rings. The van der Waals surface area contributed by atoms with Crippen molar-refractivity contribution in [1.29, 1.82) is 0 Å². The molecular weight excluding hydrogens is 278 g/mol. The van der Waals surface area contributed by atoms with Crippen molar-refractivity contribution >= 4 is 29.5 Å². The SMILES string of the molecule is Cn1cccc1C(=O)CN1C(=O)NC2(CCSC2)C1=O. The Bertz CT molecular complexity index is 589. The first-order chi connectivity index (χ1) is 9.53. The molecule has 1 aromatic rings. The molecular formula is C13H15N3O3S. The minimum absolute atomic E-state index is 0.199. The average Bonchev–Trinajstić information content (AvgIpc) is 3.08. The van der Waals surface area contributed by atoms with Gasteiger partial charge in [-0.1, -0.05) is 0 Å². The van der Waals surface area contributed by atoms with Gasteiger partial charge in [0.15, 0.2) is 5.78 Å². The van der Waals surface area contributed by atoms with Gasteiger partial charge in [-0.2, -0.15) is 11.8 Å². The number of nitrogens with zero attached hydrogens (tertiary/aromatic N) is 2. The molecule has 1 atom stereocenters. The van der Waals surface area contributed by atoms with E-state index in [0.29, 0.717) is 17.9 Å². The normalized spacial score (nSPS) is 25.6. The highest BCUT2D eigenvalue weighted by Crippen LogP contribution is 2.33. The fourth-order valence-corrected chi connectivity index (χ4v) is 3.95. The van der Waals surface area contributed by atoms with Gasteiger partial charge >= 0.3 is 6.03 Å². The van der Waals surface area contributed by atoms with Crippen LogP contribution in [0.25, 0.3) is 0 Å². The molecule has 106 valence electrons. The van der Waals surface area contributed by atoms with Crippen molar-refractivity contribution in [2.24, 2.45) is 7.05 Å². The second-order valence-corrected chi connectivity index (χ2v) is 6.24. The Morgan fingerprint density at radius 1 is 1.50 bits per heavy atom. The van der Waals surface area contributed by atoms with E-state index < -0.39 is 11.6 Å². The van der Waals surface area contributed by atoms with Crippen molar-refractivity contribution in [3.05, 3.63) is 24.0 Å². The van der Waals surface area contributed by atoms with Crippen LogP contribution in [-0.2, 0) is 11.8 Å². The Hall–Kier alpha value is -1.76.